The normalized spacial score (nSPS) is 13.0. The van der Waals surface area contributed by atoms with E-state index in [1.54, 1.807) is 7.11 Å². The van der Waals surface area contributed by atoms with Crippen LogP contribution in [0.2, 0.25) is 0 Å². The third-order valence-electron chi connectivity index (χ3n) is 5.37. The van der Waals surface area contributed by atoms with Gasteiger partial charge in [0.05, 0.1) is 20.1 Å². The molecule has 0 radical (unpaired) electrons. The van der Waals surface area contributed by atoms with E-state index in [-0.39, 0.29) is 5.91 Å². The quantitative estimate of drug-likeness (QED) is 0.487. The van der Waals surface area contributed by atoms with E-state index in [1.165, 1.54) is 0 Å². The number of nitrogens with zero attached hydrogens (tertiary/aromatic N) is 1. The average Bonchev–Trinajstić information content (AvgIpc) is 3.64. The first-order valence-corrected chi connectivity index (χ1v) is 10.4. The van der Waals surface area contributed by atoms with Crippen LogP contribution in [0, 0.1) is 0 Å². The molecule has 1 aliphatic carbocycles. The van der Waals surface area contributed by atoms with Crippen LogP contribution in [0.15, 0.2) is 78.9 Å². The fourth-order valence-electron chi connectivity index (χ4n) is 3.58. The van der Waals surface area contributed by atoms with Gasteiger partial charge in [-0.1, -0.05) is 60.7 Å². The summed E-state index contributed by atoms with van der Waals surface area (Å²) in [6, 6.07) is 26.4. The smallest absolute Gasteiger partial charge is 0.226 e. The van der Waals surface area contributed by atoms with Crippen molar-refractivity contribution in [1.82, 2.24) is 4.90 Å². The lowest BCUT2D eigenvalue weighted by Gasteiger charge is -2.23. The lowest BCUT2D eigenvalue weighted by atomic mass is 10.1. The first kappa shape index (κ1) is 20.0. The molecule has 4 rings (SSSR count). The molecule has 0 spiro atoms. The zero-order valence-corrected chi connectivity index (χ0v) is 17.3. The summed E-state index contributed by atoms with van der Waals surface area (Å²) in [5.41, 5.74) is 3.27. The van der Waals surface area contributed by atoms with E-state index >= 15 is 0 Å². The highest BCUT2D eigenvalue weighted by molar-refractivity contribution is 5.77. The van der Waals surface area contributed by atoms with Crippen LogP contribution >= 0.6 is 0 Å². The van der Waals surface area contributed by atoms with E-state index in [4.69, 9.17) is 9.47 Å². The summed E-state index contributed by atoms with van der Waals surface area (Å²) < 4.78 is 11.3. The minimum absolute atomic E-state index is 0.144. The van der Waals surface area contributed by atoms with Gasteiger partial charge in [0.15, 0.2) is 0 Å². The summed E-state index contributed by atoms with van der Waals surface area (Å²) in [4.78, 5) is 14.9. The molecule has 0 heterocycles. The molecule has 154 valence electrons. The molecule has 3 aromatic rings. The third-order valence-corrected chi connectivity index (χ3v) is 5.37. The van der Waals surface area contributed by atoms with Crippen molar-refractivity contribution in [2.24, 2.45) is 0 Å². The molecule has 3 aromatic carbocycles. The van der Waals surface area contributed by atoms with Crippen LogP contribution in [0.3, 0.4) is 0 Å². The fraction of sp³-hybridized carbons (Fsp3) is 0.269. The number of hydrogen-bond donors (Lipinski definition) is 0. The molecule has 4 heteroatoms. The number of amides is 1. The molecule has 0 saturated heterocycles. The van der Waals surface area contributed by atoms with Crippen LogP contribution in [-0.2, 0) is 11.3 Å². The first-order chi connectivity index (χ1) is 14.7. The number of para-hydroxylation sites is 1. The average molecular weight is 402 g/mol. The molecular weight excluding hydrogens is 374 g/mol. The van der Waals surface area contributed by atoms with Gasteiger partial charge in [-0.2, -0.15) is 0 Å². The van der Waals surface area contributed by atoms with Crippen LogP contribution in [0.1, 0.15) is 24.8 Å². The van der Waals surface area contributed by atoms with Gasteiger partial charge < -0.3 is 14.4 Å². The predicted octanol–water partition coefficient (Wildman–Crippen LogP) is 5.32. The van der Waals surface area contributed by atoms with Gasteiger partial charge >= 0.3 is 0 Å². The molecule has 0 unspecified atom stereocenters. The van der Waals surface area contributed by atoms with Crippen LogP contribution < -0.4 is 9.47 Å². The second-order valence-corrected chi connectivity index (χ2v) is 7.56. The Kier molecular flexibility index (Phi) is 6.33. The standard InChI is InChI=1S/C26H27NO3/c1-29-23-15-11-20(12-16-23)19-27(22-13-14-22)26(28)17-18-30-25-10-6-5-9-24(25)21-7-3-2-4-8-21/h2-12,15-16,22H,13-14,17-19H2,1H3. The van der Waals surface area contributed by atoms with Crippen LogP contribution in [0.25, 0.3) is 11.1 Å². The van der Waals surface area contributed by atoms with Crippen molar-refractivity contribution in [2.45, 2.75) is 31.8 Å². The number of carbonyl (C=O) groups is 1. The van der Waals surface area contributed by atoms with Crippen molar-refractivity contribution in [2.75, 3.05) is 13.7 Å². The van der Waals surface area contributed by atoms with Crippen molar-refractivity contribution in [3.8, 4) is 22.6 Å². The second kappa shape index (κ2) is 9.49. The summed E-state index contributed by atoms with van der Waals surface area (Å²) in [6.45, 7) is 1.00. The molecule has 1 amide bonds. The molecule has 0 aliphatic heterocycles. The lowest BCUT2D eigenvalue weighted by molar-refractivity contribution is -0.132. The molecule has 1 aliphatic rings. The highest BCUT2D eigenvalue weighted by Crippen LogP contribution is 2.31. The second-order valence-electron chi connectivity index (χ2n) is 7.56. The van der Waals surface area contributed by atoms with Gasteiger partial charge in [0.1, 0.15) is 11.5 Å². The molecule has 0 N–H and O–H groups in total. The SMILES string of the molecule is COc1ccc(CN(C(=O)CCOc2ccccc2-c2ccccc2)C2CC2)cc1. The van der Waals surface area contributed by atoms with E-state index in [1.807, 2.05) is 71.6 Å². The largest absolute Gasteiger partial charge is 0.497 e. The Labute approximate surface area is 178 Å². The van der Waals surface area contributed by atoms with Crippen LogP contribution in [-0.4, -0.2) is 30.6 Å². The van der Waals surface area contributed by atoms with Gasteiger partial charge in [-0.3, -0.25) is 4.79 Å². The lowest BCUT2D eigenvalue weighted by Crippen LogP contribution is -2.33. The molecule has 1 fully saturated rings. The number of rotatable bonds is 9. The van der Waals surface area contributed by atoms with E-state index in [9.17, 15) is 4.79 Å². The van der Waals surface area contributed by atoms with Crippen LogP contribution in [0.4, 0.5) is 0 Å². The van der Waals surface area contributed by atoms with E-state index in [0.29, 0.717) is 25.6 Å². The zero-order chi connectivity index (χ0) is 20.8. The number of ether oxygens (including phenoxy) is 2. The van der Waals surface area contributed by atoms with E-state index in [2.05, 4.69) is 12.1 Å². The predicted molar refractivity (Wildman–Crippen MR) is 119 cm³/mol. The summed E-state index contributed by atoms with van der Waals surface area (Å²) >= 11 is 0. The Morgan fingerprint density at radius 3 is 2.33 bits per heavy atom. The van der Waals surface area contributed by atoms with Gasteiger partial charge in [-0.15, -0.1) is 0 Å². The number of hydrogen-bond acceptors (Lipinski definition) is 3. The van der Waals surface area contributed by atoms with Crippen molar-refractivity contribution in [3.63, 3.8) is 0 Å². The minimum Gasteiger partial charge on any atom is -0.497 e. The Balaban J connectivity index is 1.37. The minimum atomic E-state index is 0.144. The Bertz CT molecular complexity index is 965. The fourth-order valence-corrected chi connectivity index (χ4v) is 3.58. The monoisotopic (exact) mass is 401 g/mol. The summed E-state index contributed by atoms with van der Waals surface area (Å²) in [6.07, 6.45) is 2.54. The van der Waals surface area contributed by atoms with Gasteiger partial charge in [0.25, 0.3) is 0 Å². The third kappa shape index (κ3) is 5.01. The van der Waals surface area contributed by atoms with Gasteiger partial charge in [0, 0.05) is 18.2 Å². The molecule has 4 nitrogen and oxygen atoms in total. The van der Waals surface area contributed by atoms with Gasteiger partial charge in [0.2, 0.25) is 5.91 Å². The Morgan fingerprint density at radius 2 is 1.63 bits per heavy atom. The maximum Gasteiger partial charge on any atom is 0.226 e. The topological polar surface area (TPSA) is 38.8 Å². The number of carbonyl (C=O) groups excluding carboxylic acids is 1. The number of methoxy groups -OCH3 is 1. The van der Waals surface area contributed by atoms with Crippen molar-refractivity contribution in [1.29, 1.82) is 0 Å². The van der Waals surface area contributed by atoms with E-state index in [0.717, 1.165) is 41.0 Å². The molecule has 1 saturated carbocycles. The Hall–Kier alpha value is -3.27. The van der Waals surface area contributed by atoms with E-state index < -0.39 is 0 Å². The van der Waals surface area contributed by atoms with Crippen molar-refractivity contribution >= 4 is 5.91 Å². The molecule has 0 bridgehead atoms. The number of benzene rings is 3. The van der Waals surface area contributed by atoms with Crippen molar-refractivity contribution < 1.29 is 14.3 Å². The summed E-state index contributed by atoms with van der Waals surface area (Å²) in [5.74, 6) is 1.78. The first-order valence-electron chi connectivity index (χ1n) is 10.4. The maximum atomic E-state index is 12.9. The molecule has 30 heavy (non-hydrogen) atoms. The summed E-state index contributed by atoms with van der Waals surface area (Å²) in [5, 5.41) is 0. The highest BCUT2D eigenvalue weighted by Gasteiger charge is 2.32. The van der Waals surface area contributed by atoms with Crippen LogP contribution in [0.5, 0.6) is 11.5 Å². The molecule has 0 aromatic heterocycles. The van der Waals surface area contributed by atoms with Crippen molar-refractivity contribution in [3.05, 3.63) is 84.4 Å². The van der Waals surface area contributed by atoms with Gasteiger partial charge in [-0.25, -0.2) is 0 Å². The highest BCUT2D eigenvalue weighted by atomic mass is 16.5. The molecule has 0 atom stereocenters. The summed E-state index contributed by atoms with van der Waals surface area (Å²) in [7, 11) is 1.66. The Morgan fingerprint density at radius 1 is 0.933 bits per heavy atom. The zero-order valence-electron chi connectivity index (χ0n) is 17.3. The van der Waals surface area contributed by atoms with Gasteiger partial charge in [-0.05, 0) is 42.2 Å². The molecular formula is C26H27NO3. The maximum absolute atomic E-state index is 12.9.